The van der Waals surface area contributed by atoms with E-state index >= 15 is 0 Å². The average molecular weight is 187 g/mol. The molecule has 0 amide bonds. The molecule has 0 spiro atoms. The largest absolute Gasteiger partial charge is 0.295 e. The normalized spacial score (nSPS) is 14.2. The van der Waals surface area contributed by atoms with Gasteiger partial charge in [0.25, 0.3) is 0 Å². The van der Waals surface area contributed by atoms with E-state index in [4.69, 9.17) is 11.6 Å². The molecule has 0 aromatic heterocycles. The van der Waals surface area contributed by atoms with Gasteiger partial charge < -0.3 is 0 Å². The lowest BCUT2D eigenvalue weighted by atomic mass is 10.2. The Bertz CT molecular complexity index is 182. The molecule has 0 aliphatic heterocycles. The molecule has 0 aromatic carbocycles. The fourth-order valence-electron chi connectivity index (χ4n) is 0.810. The van der Waals surface area contributed by atoms with Crippen molar-refractivity contribution >= 4 is 17.4 Å². The summed E-state index contributed by atoms with van der Waals surface area (Å²) in [5.74, 6) is 0.0900. The summed E-state index contributed by atoms with van der Waals surface area (Å²) in [6, 6.07) is 0. The number of ketones is 1. The van der Waals surface area contributed by atoms with Crippen LogP contribution in [-0.4, -0.2) is 11.2 Å². The van der Waals surface area contributed by atoms with E-state index in [2.05, 4.69) is 0 Å². The van der Waals surface area contributed by atoms with Crippen molar-refractivity contribution in [3.63, 3.8) is 0 Å². The van der Waals surface area contributed by atoms with Crippen molar-refractivity contribution < 1.29 is 4.79 Å². The monoisotopic (exact) mass is 186 g/mol. The number of alkyl halides is 1. The lowest BCUT2D eigenvalue weighted by molar-refractivity contribution is -0.112. The molecule has 0 aliphatic carbocycles. The average Bonchev–Trinajstić information content (AvgIpc) is 1.98. The van der Waals surface area contributed by atoms with E-state index < -0.39 is 0 Å². The van der Waals surface area contributed by atoms with E-state index in [1.54, 1.807) is 13.0 Å². The van der Waals surface area contributed by atoms with Crippen LogP contribution in [0.5, 0.6) is 0 Å². The second-order valence-electron chi connectivity index (χ2n) is 2.63. The first-order valence-electron chi connectivity index (χ1n) is 4.10. The number of carbonyl (C=O) groups excluding carboxylic acids is 1. The van der Waals surface area contributed by atoms with Crippen LogP contribution in [0.25, 0.3) is 0 Å². The summed E-state index contributed by atoms with van der Waals surface area (Å²) in [6.45, 7) is 3.49. The van der Waals surface area contributed by atoms with E-state index in [0.717, 1.165) is 12.8 Å². The first-order chi connectivity index (χ1) is 5.66. The number of hydrogen-bond donors (Lipinski definition) is 0. The van der Waals surface area contributed by atoms with Crippen molar-refractivity contribution in [1.82, 2.24) is 0 Å². The van der Waals surface area contributed by atoms with Crippen LogP contribution in [0.1, 0.15) is 26.7 Å². The molecule has 0 saturated carbocycles. The SMILES string of the molecule is C/C=C/C(Cl)CC/C=C/C(C)=O. The van der Waals surface area contributed by atoms with Crippen molar-refractivity contribution in [1.29, 1.82) is 0 Å². The second-order valence-corrected chi connectivity index (χ2v) is 3.19. The molecule has 0 radical (unpaired) electrons. The van der Waals surface area contributed by atoms with Crippen LogP contribution in [0.4, 0.5) is 0 Å². The predicted octanol–water partition coefficient (Wildman–Crippen LogP) is 3.10. The van der Waals surface area contributed by atoms with Crippen LogP contribution in [0.15, 0.2) is 24.3 Å². The molecule has 1 unspecified atom stereocenters. The van der Waals surface area contributed by atoms with E-state index in [-0.39, 0.29) is 11.2 Å². The highest BCUT2D eigenvalue weighted by Crippen LogP contribution is 2.07. The Hall–Kier alpha value is -0.560. The van der Waals surface area contributed by atoms with Crippen molar-refractivity contribution in [2.24, 2.45) is 0 Å². The lowest BCUT2D eigenvalue weighted by Gasteiger charge is -1.98. The zero-order valence-electron chi connectivity index (χ0n) is 7.59. The van der Waals surface area contributed by atoms with Gasteiger partial charge in [-0.2, -0.15) is 0 Å². The quantitative estimate of drug-likeness (QED) is 0.366. The fraction of sp³-hybridized carbons (Fsp3) is 0.500. The highest BCUT2D eigenvalue weighted by atomic mass is 35.5. The Balaban J connectivity index is 3.49. The van der Waals surface area contributed by atoms with E-state index in [0.29, 0.717) is 0 Å². The minimum atomic E-state index is 0.0895. The molecular formula is C10H15ClO. The molecule has 0 rings (SSSR count). The lowest BCUT2D eigenvalue weighted by Crippen LogP contribution is -1.91. The molecule has 2 heteroatoms. The molecule has 1 nitrogen and oxygen atoms in total. The third kappa shape index (κ3) is 7.55. The van der Waals surface area contributed by atoms with Crippen LogP contribution in [0.3, 0.4) is 0 Å². The van der Waals surface area contributed by atoms with Gasteiger partial charge in [-0.3, -0.25) is 4.79 Å². The van der Waals surface area contributed by atoms with Crippen LogP contribution in [0, 0.1) is 0 Å². The van der Waals surface area contributed by atoms with Gasteiger partial charge in [-0.25, -0.2) is 0 Å². The predicted molar refractivity (Wildman–Crippen MR) is 53.5 cm³/mol. The molecule has 0 heterocycles. The summed E-state index contributed by atoms with van der Waals surface area (Å²) in [5.41, 5.74) is 0. The van der Waals surface area contributed by atoms with Crippen molar-refractivity contribution in [3.05, 3.63) is 24.3 Å². The van der Waals surface area contributed by atoms with E-state index in [1.165, 1.54) is 0 Å². The van der Waals surface area contributed by atoms with Gasteiger partial charge in [0.15, 0.2) is 5.78 Å². The molecule has 68 valence electrons. The maximum atomic E-state index is 10.5. The second kappa shape index (κ2) is 7.11. The summed E-state index contributed by atoms with van der Waals surface area (Å²) in [6.07, 6.45) is 9.07. The maximum Gasteiger partial charge on any atom is 0.152 e. The number of carbonyl (C=O) groups is 1. The summed E-state index contributed by atoms with van der Waals surface area (Å²) in [4.78, 5) is 10.5. The van der Waals surface area contributed by atoms with Gasteiger partial charge in [-0.1, -0.05) is 18.2 Å². The number of rotatable bonds is 5. The van der Waals surface area contributed by atoms with E-state index in [9.17, 15) is 4.79 Å². The van der Waals surface area contributed by atoms with Crippen LogP contribution in [0.2, 0.25) is 0 Å². The Morgan fingerprint density at radius 3 is 2.75 bits per heavy atom. The van der Waals surface area contributed by atoms with Crippen molar-refractivity contribution in [3.8, 4) is 0 Å². The fourth-order valence-corrected chi connectivity index (χ4v) is 1.08. The number of halogens is 1. The molecule has 0 aliphatic rings. The molecule has 0 aromatic rings. The van der Waals surface area contributed by atoms with Gasteiger partial charge in [0.2, 0.25) is 0 Å². The third-order valence-electron chi connectivity index (χ3n) is 1.36. The topological polar surface area (TPSA) is 17.1 Å². The summed E-state index contributed by atoms with van der Waals surface area (Å²) in [7, 11) is 0. The minimum absolute atomic E-state index is 0.0895. The molecule has 1 atom stereocenters. The number of allylic oxidation sites excluding steroid dienone is 4. The zero-order valence-corrected chi connectivity index (χ0v) is 8.34. The van der Waals surface area contributed by atoms with Crippen molar-refractivity contribution in [2.45, 2.75) is 32.1 Å². The highest BCUT2D eigenvalue weighted by molar-refractivity contribution is 6.21. The van der Waals surface area contributed by atoms with Crippen molar-refractivity contribution in [2.75, 3.05) is 0 Å². The van der Waals surface area contributed by atoms with Crippen LogP contribution >= 0.6 is 11.6 Å². The first kappa shape index (κ1) is 11.4. The Kier molecular flexibility index (Phi) is 6.78. The van der Waals surface area contributed by atoms with Crippen LogP contribution < -0.4 is 0 Å². The summed E-state index contributed by atoms with van der Waals surface area (Å²) < 4.78 is 0. The molecule has 12 heavy (non-hydrogen) atoms. The van der Waals surface area contributed by atoms with Gasteiger partial charge in [0, 0.05) is 0 Å². The minimum Gasteiger partial charge on any atom is -0.295 e. The maximum absolute atomic E-state index is 10.5. The standard InChI is InChI=1S/C10H15ClO/c1-3-6-10(11)8-5-4-7-9(2)12/h3-4,6-7,10H,5,8H2,1-2H3/b6-3+,7-4+. The van der Waals surface area contributed by atoms with E-state index in [1.807, 2.05) is 25.2 Å². The highest BCUT2D eigenvalue weighted by Gasteiger charge is 1.95. The Morgan fingerprint density at radius 2 is 2.25 bits per heavy atom. The molecule has 0 saturated heterocycles. The molecule has 0 N–H and O–H groups in total. The van der Waals surface area contributed by atoms with Gasteiger partial charge in [0.1, 0.15) is 0 Å². The molecule has 0 bridgehead atoms. The summed E-state index contributed by atoms with van der Waals surface area (Å²) in [5, 5.41) is 0.0895. The Morgan fingerprint density at radius 1 is 1.58 bits per heavy atom. The van der Waals surface area contributed by atoms with Gasteiger partial charge >= 0.3 is 0 Å². The zero-order chi connectivity index (χ0) is 9.40. The molecule has 0 fully saturated rings. The Labute approximate surface area is 79.1 Å². The molecular weight excluding hydrogens is 172 g/mol. The third-order valence-corrected chi connectivity index (χ3v) is 1.73. The number of hydrogen-bond acceptors (Lipinski definition) is 1. The summed E-state index contributed by atoms with van der Waals surface area (Å²) >= 11 is 5.89. The first-order valence-corrected chi connectivity index (χ1v) is 4.54. The van der Waals surface area contributed by atoms with Crippen LogP contribution in [-0.2, 0) is 4.79 Å². The van der Waals surface area contributed by atoms with Gasteiger partial charge in [0.05, 0.1) is 5.38 Å². The van der Waals surface area contributed by atoms with Gasteiger partial charge in [-0.05, 0) is 32.8 Å². The van der Waals surface area contributed by atoms with Gasteiger partial charge in [-0.15, -0.1) is 11.6 Å². The smallest absolute Gasteiger partial charge is 0.152 e.